The van der Waals surface area contributed by atoms with Crippen molar-refractivity contribution in [2.75, 3.05) is 14.2 Å². The third-order valence-electron chi connectivity index (χ3n) is 5.02. The first kappa shape index (κ1) is 21.3. The van der Waals surface area contributed by atoms with Crippen molar-refractivity contribution < 1.29 is 45.3 Å². The molecule has 4 nitrogen and oxygen atoms in total. The number of esters is 1. The van der Waals surface area contributed by atoms with E-state index in [-0.39, 0.29) is 5.56 Å². The molecule has 1 saturated heterocycles. The van der Waals surface area contributed by atoms with Gasteiger partial charge in [-0.05, 0) is 13.0 Å². The lowest BCUT2D eigenvalue weighted by Gasteiger charge is -2.32. The van der Waals surface area contributed by atoms with Gasteiger partial charge in [0.1, 0.15) is 5.75 Å². The number of rotatable bonds is 3. The van der Waals surface area contributed by atoms with E-state index in [0.717, 1.165) is 33.3 Å². The highest BCUT2D eigenvalue weighted by Gasteiger charge is 2.66. The number of ether oxygens (including phenoxy) is 3. The molecule has 0 bridgehead atoms. The summed E-state index contributed by atoms with van der Waals surface area (Å²) in [6.45, 7) is 1.93. The van der Waals surface area contributed by atoms with Crippen molar-refractivity contribution in [1.29, 1.82) is 0 Å². The molecule has 1 aliphatic heterocycles. The van der Waals surface area contributed by atoms with Gasteiger partial charge in [0.25, 0.3) is 0 Å². The Morgan fingerprint density at radius 2 is 1.74 bits per heavy atom. The molecule has 0 amide bonds. The van der Waals surface area contributed by atoms with Gasteiger partial charge in [0.15, 0.2) is 11.7 Å². The van der Waals surface area contributed by atoms with Crippen LogP contribution in [0, 0.1) is 5.92 Å². The number of methoxy groups -OCH3 is 2. The summed E-state index contributed by atoms with van der Waals surface area (Å²) in [5.74, 6) is -4.51. The lowest BCUT2D eigenvalue weighted by molar-refractivity contribution is -0.274. The Kier molecular flexibility index (Phi) is 5.44. The number of halogens is 6. The standard InChI is InChI=1S/C17H18F6O4/c1-8-11(9-6-5-7-10(12(9)25-3)16(18,19)20)13(14(24)26-4)27-15(8,2)17(21,22)23/h5-8,11,13H,1-4H3/t8-,11-,13?,15+/m0/s1. The van der Waals surface area contributed by atoms with E-state index in [1.807, 2.05) is 0 Å². The van der Waals surface area contributed by atoms with Crippen LogP contribution in [-0.2, 0) is 20.4 Å². The fourth-order valence-electron chi connectivity index (χ4n) is 3.39. The third-order valence-corrected chi connectivity index (χ3v) is 5.02. The summed E-state index contributed by atoms with van der Waals surface area (Å²) in [5, 5.41) is 0. The SMILES string of the molecule is COC(=O)C1O[C@@](C)(C(F)(F)F)[C@@H](C)[C@H]1c1cccc(C(F)(F)F)c1OC. The molecule has 1 aliphatic rings. The van der Waals surface area contributed by atoms with Gasteiger partial charge in [0.05, 0.1) is 19.8 Å². The molecule has 0 saturated carbocycles. The lowest BCUT2D eigenvalue weighted by atomic mass is 9.76. The second-order valence-electron chi connectivity index (χ2n) is 6.41. The third kappa shape index (κ3) is 3.46. The van der Waals surface area contributed by atoms with Gasteiger partial charge in [-0.25, -0.2) is 4.79 Å². The fraction of sp³-hybridized carbons (Fsp3) is 0.588. The first-order chi connectivity index (χ1) is 12.3. The maximum atomic E-state index is 13.6. The summed E-state index contributed by atoms with van der Waals surface area (Å²) in [4.78, 5) is 12.1. The summed E-state index contributed by atoms with van der Waals surface area (Å²) < 4.78 is 95.0. The summed E-state index contributed by atoms with van der Waals surface area (Å²) >= 11 is 0. The minimum Gasteiger partial charge on any atom is -0.496 e. The van der Waals surface area contributed by atoms with Gasteiger partial charge < -0.3 is 14.2 Å². The van der Waals surface area contributed by atoms with Crippen LogP contribution in [0.2, 0.25) is 0 Å². The summed E-state index contributed by atoms with van der Waals surface area (Å²) in [7, 11) is 1.94. The van der Waals surface area contributed by atoms with Gasteiger partial charge in [-0.2, -0.15) is 26.3 Å². The predicted octanol–water partition coefficient (Wildman–Crippen LogP) is 4.33. The van der Waals surface area contributed by atoms with Crippen LogP contribution in [0.15, 0.2) is 18.2 Å². The zero-order valence-corrected chi connectivity index (χ0v) is 14.9. The van der Waals surface area contributed by atoms with Crippen LogP contribution in [-0.4, -0.2) is 38.1 Å². The number of carbonyl (C=O) groups is 1. The molecule has 27 heavy (non-hydrogen) atoms. The Labute approximate surface area is 151 Å². The van der Waals surface area contributed by atoms with Crippen LogP contribution in [0.4, 0.5) is 26.3 Å². The Bertz CT molecular complexity index is 714. The largest absolute Gasteiger partial charge is 0.496 e. The molecule has 0 aromatic heterocycles. The molecule has 0 aliphatic carbocycles. The van der Waals surface area contributed by atoms with Crippen molar-refractivity contribution in [3.05, 3.63) is 29.3 Å². The Hall–Kier alpha value is -1.97. The van der Waals surface area contributed by atoms with Gasteiger partial charge >= 0.3 is 18.3 Å². The molecule has 152 valence electrons. The summed E-state index contributed by atoms with van der Waals surface area (Å²) in [6, 6.07) is 2.99. The second-order valence-corrected chi connectivity index (χ2v) is 6.41. The van der Waals surface area contributed by atoms with Gasteiger partial charge in [0, 0.05) is 17.4 Å². The van der Waals surface area contributed by atoms with Crippen LogP contribution in [0.25, 0.3) is 0 Å². The first-order valence-corrected chi connectivity index (χ1v) is 7.86. The quantitative estimate of drug-likeness (QED) is 0.560. The Morgan fingerprint density at radius 3 is 2.19 bits per heavy atom. The molecule has 4 atom stereocenters. The van der Waals surface area contributed by atoms with Crippen molar-refractivity contribution >= 4 is 5.97 Å². The summed E-state index contributed by atoms with van der Waals surface area (Å²) in [5.41, 5.74) is -4.11. The van der Waals surface area contributed by atoms with Crippen molar-refractivity contribution in [1.82, 2.24) is 0 Å². The maximum Gasteiger partial charge on any atom is 0.419 e. The van der Waals surface area contributed by atoms with E-state index in [4.69, 9.17) is 9.47 Å². The van der Waals surface area contributed by atoms with Gasteiger partial charge in [-0.15, -0.1) is 0 Å². The van der Waals surface area contributed by atoms with E-state index in [9.17, 15) is 31.1 Å². The van der Waals surface area contributed by atoms with Crippen molar-refractivity contribution in [3.63, 3.8) is 0 Å². The molecule has 0 spiro atoms. The monoisotopic (exact) mass is 400 g/mol. The van der Waals surface area contributed by atoms with E-state index in [0.29, 0.717) is 0 Å². The first-order valence-electron chi connectivity index (χ1n) is 7.86. The maximum absolute atomic E-state index is 13.6. The van der Waals surface area contributed by atoms with E-state index in [1.165, 1.54) is 13.0 Å². The minimum atomic E-state index is -4.86. The zero-order valence-electron chi connectivity index (χ0n) is 14.9. The molecular formula is C17H18F6O4. The van der Waals surface area contributed by atoms with E-state index in [2.05, 4.69) is 4.74 Å². The lowest BCUT2D eigenvalue weighted by Crippen LogP contribution is -2.47. The molecule has 10 heteroatoms. The smallest absolute Gasteiger partial charge is 0.419 e. The number of carbonyl (C=O) groups excluding carboxylic acids is 1. The normalized spacial score (nSPS) is 28.9. The molecule has 1 aromatic carbocycles. The number of hydrogen-bond donors (Lipinski definition) is 0. The van der Waals surface area contributed by atoms with Crippen LogP contribution in [0.5, 0.6) is 5.75 Å². The summed E-state index contributed by atoms with van der Waals surface area (Å²) in [6.07, 6.45) is -11.4. The van der Waals surface area contributed by atoms with Crippen molar-refractivity contribution in [3.8, 4) is 5.75 Å². The number of para-hydroxylation sites is 1. The molecule has 0 N–H and O–H groups in total. The fourth-order valence-corrected chi connectivity index (χ4v) is 3.39. The zero-order chi connectivity index (χ0) is 20.8. The molecular weight excluding hydrogens is 382 g/mol. The van der Waals surface area contributed by atoms with Crippen molar-refractivity contribution in [2.24, 2.45) is 5.92 Å². The molecule has 0 radical (unpaired) electrons. The van der Waals surface area contributed by atoms with Gasteiger partial charge in [-0.3, -0.25) is 0 Å². The van der Waals surface area contributed by atoms with E-state index >= 15 is 0 Å². The molecule has 1 unspecified atom stereocenters. The number of benzene rings is 1. The Morgan fingerprint density at radius 1 is 1.15 bits per heavy atom. The number of alkyl halides is 6. The highest BCUT2D eigenvalue weighted by Crippen LogP contribution is 2.55. The van der Waals surface area contributed by atoms with E-state index < -0.39 is 53.2 Å². The second kappa shape index (κ2) is 6.88. The molecule has 2 rings (SSSR count). The van der Waals surface area contributed by atoms with Crippen molar-refractivity contribution in [2.45, 2.75) is 43.8 Å². The average Bonchev–Trinajstić information content (AvgIpc) is 2.85. The minimum absolute atomic E-state index is 0.205. The topological polar surface area (TPSA) is 44.8 Å². The molecule has 1 heterocycles. The number of hydrogen-bond acceptors (Lipinski definition) is 4. The molecule has 1 aromatic rings. The van der Waals surface area contributed by atoms with Crippen LogP contribution in [0.1, 0.15) is 30.9 Å². The highest BCUT2D eigenvalue weighted by atomic mass is 19.4. The Balaban J connectivity index is 2.69. The average molecular weight is 400 g/mol. The van der Waals surface area contributed by atoms with Crippen LogP contribution in [0.3, 0.4) is 0 Å². The van der Waals surface area contributed by atoms with Gasteiger partial charge in [-0.1, -0.05) is 19.1 Å². The van der Waals surface area contributed by atoms with Gasteiger partial charge in [0.2, 0.25) is 0 Å². The predicted molar refractivity (Wildman–Crippen MR) is 81.3 cm³/mol. The highest BCUT2D eigenvalue weighted by molar-refractivity contribution is 5.77. The van der Waals surface area contributed by atoms with Crippen LogP contribution < -0.4 is 4.74 Å². The molecule has 1 fully saturated rings. The van der Waals surface area contributed by atoms with Crippen LogP contribution >= 0.6 is 0 Å². The van der Waals surface area contributed by atoms with E-state index in [1.54, 1.807) is 0 Å².